The van der Waals surface area contributed by atoms with Gasteiger partial charge in [-0.15, -0.1) is 0 Å². The van der Waals surface area contributed by atoms with Crippen LogP contribution in [-0.2, 0) is 0 Å². The second kappa shape index (κ2) is 8.11. The van der Waals surface area contributed by atoms with Gasteiger partial charge in [0.05, 0.1) is 4.92 Å². The second-order valence-corrected chi connectivity index (χ2v) is 4.45. The van der Waals surface area contributed by atoms with E-state index in [0.29, 0.717) is 12.2 Å². The van der Waals surface area contributed by atoms with Gasteiger partial charge >= 0.3 is 0 Å². The quantitative estimate of drug-likeness (QED) is 0.292. The van der Waals surface area contributed by atoms with Crippen LogP contribution in [0.25, 0.3) is 0 Å². The Balaban J connectivity index is 2.72. The summed E-state index contributed by atoms with van der Waals surface area (Å²) in [6, 6.07) is 4.09. The van der Waals surface area contributed by atoms with Crippen LogP contribution in [-0.4, -0.2) is 17.4 Å². The number of benzene rings is 1. The Morgan fingerprint density at radius 3 is 2.70 bits per heavy atom. The van der Waals surface area contributed by atoms with E-state index in [-0.39, 0.29) is 11.3 Å². The molecule has 0 aliphatic rings. The van der Waals surface area contributed by atoms with E-state index in [0.717, 1.165) is 25.7 Å². The number of unbranched alkanes of at least 4 members (excludes halogenated alkanes) is 3. The van der Waals surface area contributed by atoms with Crippen molar-refractivity contribution in [2.45, 2.75) is 32.6 Å². The van der Waals surface area contributed by atoms with Crippen molar-refractivity contribution in [3.05, 3.63) is 33.9 Å². The molecule has 0 bridgehead atoms. The Morgan fingerprint density at radius 2 is 2.10 bits per heavy atom. The monoisotopic (exact) mass is 280 g/mol. The highest BCUT2D eigenvalue weighted by atomic mass is 16.6. The molecule has 0 unspecified atom stereocenters. The molecule has 4 N–H and O–H groups in total. The predicted molar refractivity (Wildman–Crippen MR) is 77.4 cm³/mol. The van der Waals surface area contributed by atoms with Crippen LogP contribution >= 0.6 is 0 Å². The normalized spacial score (nSPS) is 10.1. The summed E-state index contributed by atoms with van der Waals surface area (Å²) in [5, 5.41) is 13.6. The summed E-state index contributed by atoms with van der Waals surface area (Å²) in [5.74, 6) is 4.80. The summed E-state index contributed by atoms with van der Waals surface area (Å²) in [6.07, 6.45) is 4.12. The summed E-state index contributed by atoms with van der Waals surface area (Å²) in [7, 11) is 0. The molecule has 0 saturated heterocycles. The van der Waals surface area contributed by atoms with Crippen molar-refractivity contribution in [3.63, 3.8) is 0 Å². The topological polar surface area (TPSA) is 110 Å². The molecule has 0 aliphatic carbocycles. The number of hydrogen-bond donors (Lipinski definition) is 3. The summed E-state index contributed by atoms with van der Waals surface area (Å²) in [4.78, 5) is 22.3. The molecular weight excluding hydrogens is 260 g/mol. The molecule has 1 aromatic rings. The van der Waals surface area contributed by atoms with Crippen LogP contribution in [0.5, 0.6) is 0 Å². The Morgan fingerprint density at radius 1 is 1.35 bits per heavy atom. The van der Waals surface area contributed by atoms with Gasteiger partial charge in [0, 0.05) is 18.3 Å². The lowest BCUT2D eigenvalue weighted by Crippen LogP contribution is -2.25. The van der Waals surface area contributed by atoms with E-state index >= 15 is 0 Å². The standard InChI is InChI=1S/C13H20N4O3/c1-2-3-4-5-8-15-13(18)11-9-10(16-14)6-7-12(11)17(19)20/h6-7,9,16H,2-5,8,14H2,1H3,(H,15,18). The Bertz CT molecular complexity index is 477. The van der Waals surface area contributed by atoms with Crippen molar-refractivity contribution >= 4 is 17.3 Å². The first-order valence-electron chi connectivity index (χ1n) is 6.63. The highest BCUT2D eigenvalue weighted by Crippen LogP contribution is 2.22. The van der Waals surface area contributed by atoms with Gasteiger partial charge in [-0.05, 0) is 18.6 Å². The first-order chi connectivity index (χ1) is 9.60. The fourth-order valence-electron chi connectivity index (χ4n) is 1.82. The molecule has 1 aromatic carbocycles. The number of carbonyl (C=O) groups excluding carboxylic acids is 1. The van der Waals surface area contributed by atoms with Crippen LogP contribution in [0.15, 0.2) is 18.2 Å². The number of amides is 1. The summed E-state index contributed by atoms with van der Waals surface area (Å²) in [6.45, 7) is 2.61. The highest BCUT2D eigenvalue weighted by Gasteiger charge is 2.20. The number of hydrogen-bond acceptors (Lipinski definition) is 5. The maximum atomic E-state index is 12.0. The SMILES string of the molecule is CCCCCCNC(=O)c1cc(NN)ccc1[N+](=O)[O-]. The molecule has 0 atom stereocenters. The van der Waals surface area contributed by atoms with Crippen LogP contribution in [0, 0.1) is 10.1 Å². The number of hydrazine groups is 1. The van der Waals surface area contributed by atoms with Crippen molar-refractivity contribution in [2.75, 3.05) is 12.0 Å². The molecule has 1 rings (SSSR count). The second-order valence-electron chi connectivity index (χ2n) is 4.45. The Labute approximate surface area is 117 Å². The molecule has 0 aromatic heterocycles. The van der Waals surface area contributed by atoms with Gasteiger partial charge in [-0.3, -0.25) is 20.8 Å². The van der Waals surface area contributed by atoms with Crippen molar-refractivity contribution in [1.29, 1.82) is 0 Å². The minimum Gasteiger partial charge on any atom is -0.352 e. The van der Waals surface area contributed by atoms with E-state index < -0.39 is 10.8 Å². The van der Waals surface area contributed by atoms with Crippen molar-refractivity contribution in [3.8, 4) is 0 Å². The zero-order chi connectivity index (χ0) is 15.0. The number of nitrogens with two attached hydrogens (primary N) is 1. The van der Waals surface area contributed by atoms with Crippen molar-refractivity contribution in [2.24, 2.45) is 5.84 Å². The Kier molecular flexibility index (Phi) is 6.45. The molecule has 20 heavy (non-hydrogen) atoms. The molecule has 1 amide bonds. The molecule has 0 radical (unpaired) electrons. The minimum atomic E-state index is -0.577. The summed E-state index contributed by atoms with van der Waals surface area (Å²) < 4.78 is 0. The molecule has 0 saturated carbocycles. The molecule has 7 nitrogen and oxygen atoms in total. The summed E-state index contributed by atoms with van der Waals surface area (Å²) >= 11 is 0. The third kappa shape index (κ3) is 4.51. The van der Waals surface area contributed by atoms with E-state index in [9.17, 15) is 14.9 Å². The van der Waals surface area contributed by atoms with E-state index in [4.69, 9.17) is 5.84 Å². The fourth-order valence-corrected chi connectivity index (χ4v) is 1.82. The number of nitro benzene ring substituents is 1. The number of anilines is 1. The van der Waals surface area contributed by atoms with Crippen molar-refractivity contribution < 1.29 is 9.72 Å². The molecule has 0 fully saturated rings. The maximum absolute atomic E-state index is 12.0. The third-order valence-electron chi connectivity index (χ3n) is 2.92. The van der Waals surface area contributed by atoms with Gasteiger partial charge < -0.3 is 10.7 Å². The van der Waals surface area contributed by atoms with E-state index in [2.05, 4.69) is 17.7 Å². The lowest BCUT2D eigenvalue weighted by molar-refractivity contribution is -0.385. The molecule has 0 heterocycles. The molecule has 110 valence electrons. The van der Waals surface area contributed by atoms with Gasteiger partial charge in [-0.25, -0.2) is 0 Å². The first-order valence-corrected chi connectivity index (χ1v) is 6.63. The lowest BCUT2D eigenvalue weighted by atomic mass is 10.1. The minimum absolute atomic E-state index is 0.0148. The summed E-state index contributed by atoms with van der Waals surface area (Å²) in [5.41, 5.74) is 2.61. The number of carbonyl (C=O) groups is 1. The largest absolute Gasteiger partial charge is 0.352 e. The van der Waals surface area contributed by atoms with Gasteiger partial charge in [0.1, 0.15) is 5.56 Å². The Hall–Kier alpha value is -2.15. The van der Waals surface area contributed by atoms with Gasteiger partial charge in [0.25, 0.3) is 11.6 Å². The van der Waals surface area contributed by atoms with Gasteiger partial charge in [-0.1, -0.05) is 26.2 Å². The van der Waals surface area contributed by atoms with Crippen LogP contribution < -0.4 is 16.6 Å². The molecule has 7 heteroatoms. The lowest BCUT2D eigenvalue weighted by Gasteiger charge is -2.07. The fraction of sp³-hybridized carbons (Fsp3) is 0.462. The number of nitrogen functional groups attached to an aromatic ring is 1. The smallest absolute Gasteiger partial charge is 0.282 e. The zero-order valence-corrected chi connectivity index (χ0v) is 11.5. The number of rotatable bonds is 8. The number of nitrogens with zero attached hydrogens (tertiary/aromatic N) is 1. The molecule has 0 aliphatic heterocycles. The molecular formula is C13H20N4O3. The number of nitrogens with one attached hydrogen (secondary N) is 2. The van der Waals surface area contributed by atoms with E-state index in [1.807, 2.05) is 0 Å². The van der Waals surface area contributed by atoms with Gasteiger partial charge in [0.15, 0.2) is 0 Å². The van der Waals surface area contributed by atoms with Crippen LogP contribution in [0.4, 0.5) is 11.4 Å². The van der Waals surface area contributed by atoms with Crippen LogP contribution in [0.1, 0.15) is 43.0 Å². The average Bonchev–Trinajstić information content (AvgIpc) is 2.46. The van der Waals surface area contributed by atoms with E-state index in [1.165, 1.54) is 18.2 Å². The van der Waals surface area contributed by atoms with Crippen LogP contribution in [0.2, 0.25) is 0 Å². The van der Waals surface area contributed by atoms with E-state index in [1.54, 1.807) is 0 Å². The predicted octanol–water partition coefficient (Wildman–Crippen LogP) is 2.19. The maximum Gasteiger partial charge on any atom is 0.282 e. The van der Waals surface area contributed by atoms with Crippen LogP contribution in [0.3, 0.4) is 0 Å². The zero-order valence-electron chi connectivity index (χ0n) is 11.5. The first kappa shape index (κ1) is 15.9. The average molecular weight is 280 g/mol. The molecule has 0 spiro atoms. The number of nitro groups is 1. The van der Waals surface area contributed by atoms with Gasteiger partial charge in [0.2, 0.25) is 0 Å². The highest BCUT2D eigenvalue weighted by molar-refractivity contribution is 5.99. The van der Waals surface area contributed by atoms with Crippen molar-refractivity contribution in [1.82, 2.24) is 5.32 Å². The van der Waals surface area contributed by atoms with Gasteiger partial charge in [-0.2, -0.15) is 0 Å². The third-order valence-corrected chi connectivity index (χ3v) is 2.92.